The van der Waals surface area contributed by atoms with Gasteiger partial charge in [-0.15, -0.1) is 0 Å². The number of cyclic esters (lactones) is 1. The molecule has 3 heterocycles. The molecule has 5 aromatic rings. The third-order valence-corrected chi connectivity index (χ3v) is 7.26. The van der Waals surface area contributed by atoms with E-state index in [9.17, 15) is 13.6 Å². The SMILES string of the molecule is O=C1OCC2=C1C(c1ccc(-c3ccc(-c4cc(F)cc(F)c4)cc3)cc1)c1c(n[nH]c1-c1ccccc1)N2. The van der Waals surface area contributed by atoms with Gasteiger partial charge in [0, 0.05) is 17.5 Å². The lowest BCUT2D eigenvalue weighted by molar-refractivity contribution is -0.136. The molecule has 7 rings (SSSR count). The fourth-order valence-electron chi connectivity index (χ4n) is 5.43. The largest absolute Gasteiger partial charge is 0.456 e. The van der Waals surface area contributed by atoms with E-state index in [1.165, 1.54) is 12.1 Å². The van der Waals surface area contributed by atoms with Gasteiger partial charge in [0.05, 0.1) is 17.0 Å². The predicted octanol–water partition coefficient (Wildman–Crippen LogP) is 7.06. The van der Waals surface area contributed by atoms with Crippen LogP contribution in [-0.2, 0) is 9.53 Å². The number of esters is 1. The van der Waals surface area contributed by atoms with Crippen LogP contribution in [0.15, 0.2) is 108 Å². The summed E-state index contributed by atoms with van der Waals surface area (Å²) in [6.45, 7) is 0.192. The van der Waals surface area contributed by atoms with Gasteiger partial charge in [-0.3, -0.25) is 5.10 Å². The van der Waals surface area contributed by atoms with Crippen LogP contribution in [0.25, 0.3) is 33.5 Å². The van der Waals surface area contributed by atoms with E-state index in [0.717, 1.165) is 50.8 Å². The summed E-state index contributed by atoms with van der Waals surface area (Å²) in [6, 6.07) is 29.0. The predicted molar refractivity (Wildman–Crippen MR) is 145 cm³/mol. The maximum absolute atomic E-state index is 13.7. The molecule has 1 aromatic heterocycles. The van der Waals surface area contributed by atoms with Gasteiger partial charge in [0.25, 0.3) is 0 Å². The van der Waals surface area contributed by atoms with Gasteiger partial charge in [-0.05, 0) is 45.5 Å². The minimum absolute atomic E-state index is 0.192. The highest BCUT2D eigenvalue weighted by Crippen LogP contribution is 2.47. The van der Waals surface area contributed by atoms with Gasteiger partial charge < -0.3 is 10.1 Å². The highest BCUT2D eigenvalue weighted by molar-refractivity contribution is 5.98. The van der Waals surface area contributed by atoms with Crippen LogP contribution in [0, 0.1) is 11.6 Å². The summed E-state index contributed by atoms with van der Waals surface area (Å²) in [5.41, 5.74) is 8.15. The average Bonchev–Trinajstić information content (AvgIpc) is 3.55. The highest BCUT2D eigenvalue weighted by atomic mass is 19.1. The van der Waals surface area contributed by atoms with Gasteiger partial charge >= 0.3 is 5.97 Å². The first-order chi connectivity index (χ1) is 19.0. The molecule has 1 atom stereocenters. The Morgan fingerprint density at radius 2 is 1.36 bits per heavy atom. The highest BCUT2D eigenvalue weighted by Gasteiger charge is 2.41. The Morgan fingerprint density at radius 3 is 2.03 bits per heavy atom. The summed E-state index contributed by atoms with van der Waals surface area (Å²) >= 11 is 0. The van der Waals surface area contributed by atoms with E-state index in [4.69, 9.17) is 4.74 Å². The lowest BCUT2D eigenvalue weighted by atomic mass is 9.80. The van der Waals surface area contributed by atoms with Gasteiger partial charge in [0.1, 0.15) is 18.2 Å². The van der Waals surface area contributed by atoms with Gasteiger partial charge in [0.15, 0.2) is 5.82 Å². The second-order valence-electron chi connectivity index (χ2n) is 9.61. The number of halogens is 2. The van der Waals surface area contributed by atoms with Crippen molar-refractivity contribution in [2.75, 3.05) is 11.9 Å². The number of hydrogen-bond acceptors (Lipinski definition) is 4. The summed E-state index contributed by atoms with van der Waals surface area (Å²) in [5.74, 6) is -1.21. The van der Waals surface area contributed by atoms with E-state index in [-0.39, 0.29) is 18.5 Å². The van der Waals surface area contributed by atoms with Crippen molar-refractivity contribution in [2.45, 2.75) is 5.92 Å². The van der Waals surface area contributed by atoms with Crippen LogP contribution in [-0.4, -0.2) is 22.8 Å². The molecule has 0 bridgehead atoms. The molecule has 2 N–H and O–H groups in total. The fraction of sp³-hybridized carbons (Fsp3) is 0.0625. The Morgan fingerprint density at radius 1 is 0.744 bits per heavy atom. The number of benzene rings is 4. The van der Waals surface area contributed by atoms with Gasteiger partial charge in [-0.2, -0.15) is 5.10 Å². The number of nitrogens with one attached hydrogen (secondary N) is 2. The van der Waals surface area contributed by atoms with Gasteiger partial charge in [0.2, 0.25) is 0 Å². The summed E-state index contributed by atoms with van der Waals surface area (Å²) in [6.07, 6.45) is 0. The Hall–Kier alpha value is -5.04. The van der Waals surface area contributed by atoms with Crippen LogP contribution in [0.4, 0.5) is 14.6 Å². The molecule has 5 nitrogen and oxygen atoms in total. The second kappa shape index (κ2) is 9.06. The van der Waals surface area contributed by atoms with Crippen molar-refractivity contribution in [2.24, 2.45) is 0 Å². The first kappa shape index (κ1) is 23.1. The lowest BCUT2D eigenvalue weighted by Crippen LogP contribution is -2.19. The number of nitrogens with zero attached hydrogens (tertiary/aromatic N) is 1. The number of H-pyrrole nitrogens is 1. The van der Waals surface area contributed by atoms with Crippen LogP contribution in [0.3, 0.4) is 0 Å². The number of anilines is 1. The van der Waals surface area contributed by atoms with E-state index in [1.54, 1.807) is 0 Å². The van der Waals surface area contributed by atoms with Crippen molar-refractivity contribution >= 4 is 11.8 Å². The third kappa shape index (κ3) is 3.99. The minimum atomic E-state index is -0.608. The third-order valence-electron chi connectivity index (χ3n) is 7.26. The maximum atomic E-state index is 13.7. The zero-order valence-corrected chi connectivity index (χ0v) is 20.5. The molecule has 2 aliphatic heterocycles. The molecule has 2 aliphatic rings. The van der Waals surface area contributed by atoms with E-state index < -0.39 is 11.6 Å². The Balaban J connectivity index is 1.25. The number of carbonyl (C=O) groups is 1. The second-order valence-corrected chi connectivity index (χ2v) is 9.61. The quantitative estimate of drug-likeness (QED) is 0.251. The zero-order chi connectivity index (χ0) is 26.5. The number of fused-ring (bicyclic) bond motifs is 1. The minimum Gasteiger partial charge on any atom is -0.456 e. The number of aromatic nitrogens is 2. The van der Waals surface area contributed by atoms with Crippen molar-refractivity contribution in [3.05, 3.63) is 131 Å². The van der Waals surface area contributed by atoms with Crippen LogP contribution in [0.1, 0.15) is 17.0 Å². The molecular weight excluding hydrogens is 496 g/mol. The van der Waals surface area contributed by atoms with Crippen LogP contribution >= 0.6 is 0 Å². The maximum Gasteiger partial charge on any atom is 0.337 e. The topological polar surface area (TPSA) is 67.0 Å². The Labute approximate surface area is 222 Å². The number of carbonyl (C=O) groups excluding carboxylic acids is 1. The molecule has 0 amide bonds. The number of aromatic amines is 1. The van der Waals surface area contributed by atoms with Crippen molar-refractivity contribution in [3.8, 4) is 33.5 Å². The molecule has 190 valence electrons. The van der Waals surface area contributed by atoms with Crippen molar-refractivity contribution in [1.82, 2.24) is 10.2 Å². The number of ether oxygens (including phenoxy) is 1. The van der Waals surface area contributed by atoms with Crippen molar-refractivity contribution < 1.29 is 18.3 Å². The monoisotopic (exact) mass is 517 g/mol. The first-order valence-electron chi connectivity index (χ1n) is 12.5. The fourth-order valence-corrected chi connectivity index (χ4v) is 5.43. The van der Waals surface area contributed by atoms with Crippen molar-refractivity contribution in [3.63, 3.8) is 0 Å². The normalized spacial score (nSPS) is 15.9. The molecule has 1 unspecified atom stereocenters. The van der Waals surface area contributed by atoms with Crippen LogP contribution in [0.5, 0.6) is 0 Å². The van der Waals surface area contributed by atoms with E-state index >= 15 is 0 Å². The molecule has 7 heteroatoms. The van der Waals surface area contributed by atoms with Crippen LogP contribution < -0.4 is 5.32 Å². The summed E-state index contributed by atoms with van der Waals surface area (Å²) < 4.78 is 32.7. The van der Waals surface area contributed by atoms with Crippen LogP contribution in [0.2, 0.25) is 0 Å². The smallest absolute Gasteiger partial charge is 0.337 e. The molecule has 0 aliphatic carbocycles. The Kier molecular flexibility index (Phi) is 5.37. The molecule has 0 saturated carbocycles. The molecule has 4 aromatic carbocycles. The average molecular weight is 518 g/mol. The molecular formula is C32H21F2N3O2. The molecule has 0 saturated heterocycles. The van der Waals surface area contributed by atoms with E-state index in [1.807, 2.05) is 78.9 Å². The lowest BCUT2D eigenvalue weighted by Gasteiger charge is -2.25. The molecule has 39 heavy (non-hydrogen) atoms. The van der Waals surface area contributed by atoms with Crippen molar-refractivity contribution in [1.29, 1.82) is 0 Å². The summed E-state index contributed by atoms with van der Waals surface area (Å²) in [5, 5.41) is 11.0. The summed E-state index contributed by atoms with van der Waals surface area (Å²) in [7, 11) is 0. The molecule has 0 fully saturated rings. The van der Waals surface area contributed by atoms with E-state index in [0.29, 0.717) is 17.0 Å². The van der Waals surface area contributed by atoms with E-state index in [2.05, 4.69) is 15.5 Å². The zero-order valence-electron chi connectivity index (χ0n) is 20.5. The number of rotatable bonds is 4. The molecule has 0 spiro atoms. The number of hydrogen-bond donors (Lipinski definition) is 2. The first-order valence-corrected chi connectivity index (χ1v) is 12.5. The Bertz CT molecular complexity index is 1740. The standard InChI is InChI=1S/C32H21F2N3O2/c33-24-14-23(15-25(34)16-24)20-8-6-18(7-9-20)19-10-12-21(13-11-19)27-28-26(17-39-32(28)38)35-31-29(27)30(36-37-31)22-4-2-1-3-5-22/h1-16,27H,17H2,(H2,35,36,37). The van der Waals surface area contributed by atoms with Gasteiger partial charge in [-0.1, -0.05) is 78.9 Å². The molecule has 0 radical (unpaired) electrons. The van der Waals surface area contributed by atoms with Gasteiger partial charge in [-0.25, -0.2) is 13.6 Å². The summed E-state index contributed by atoms with van der Waals surface area (Å²) in [4.78, 5) is 12.9.